The van der Waals surface area contributed by atoms with Crippen molar-refractivity contribution in [3.8, 4) is 11.3 Å². The van der Waals surface area contributed by atoms with Gasteiger partial charge in [0.25, 0.3) is 5.91 Å². The smallest absolute Gasteiger partial charge is 0.306 e. The van der Waals surface area contributed by atoms with Crippen molar-refractivity contribution in [1.29, 1.82) is 0 Å². The van der Waals surface area contributed by atoms with Gasteiger partial charge in [-0.1, -0.05) is 72.2 Å². The maximum Gasteiger partial charge on any atom is 0.306 e. The lowest BCUT2D eigenvalue weighted by atomic mass is 9.88. The van der Waals surface area contributed by atoms with E-state index in [0.29, 0.717) is 62.4 Å². The summed E-state index contributed by atoms with van der Waals surface area (Å²) in [6, 6.07) is 12.1. The Kier molecular flexibility index (Phi) is 16.2. The van der Waals surface area contributed by atoms with E-state index in [-0.39, 0.29) is 42.6 Å². The van der Waals surface area contributed by atoms with Crippen LogP contribution in [0.4, 0.5) is 13.2 Å². The van der Waals surface area contributed by atoms with Crippen molar-refractivity contribution in [1.82, 2.24) is 25.1 Å². The van der Waals surface area contributed by atoms with Gasteiger partial charge in [-0.3, -0.25) is 14.4 Å². The monoisotopic (exact) mass is 865 g/mol. The lowest BCUT2D eigenvalue weighted by molar-refractivity contribution is -0.162. The highest BCUT2D eigenvalue weighted by Gasteiger charge is 2.42. The number of rotatable bonds is 19. The van der Waals surface area contributed by atoms with Gasteiger partial charge in [0, 0.05) is 70.0 Å². The molecule has 14 heteroatoms. The van der Waals surface area contributed by atoms with Crippen LogP contribution in [0.5, 0.6) is 0 Å². The number of imidazole rings is 1. The second-order valence-corrected chi connectivity index (χ2v) is 14.9. The summed E-state index contributed by atoms with van der Waals surface area (Å²) >= 11 is 2.02. The summed E-state index contributed by atoms with van der Waals surface area (Å²) in [5.41, 5.74) is 1.12. The topological polar surface area (TPSA) is 115 Å². The van der Waals surface area contributed by atoms with E-state index in [1.165, 1.54) is 0 Å². The van der Waals surface area contributed by atoms with Gasteiger partial charge in [-0.25, -0.2) is 18.2 Å². The maximum absolute atomic E-state index is 15.3. The summed E-state index contributed by atoms with van der Waals surface area (Å²) in [6.45, 7) is 3.96. The molecule has 2 amide bonds. The fourth-order valence-corrected chi connectivity index (χ4v) is 7.52. The van der Waals surface area contributed by atoms with Crippen LogP contribution in [-0.2, 0) is 30.4 Å². The maximum atomic E-state index is 15.3. The Labute approximate surface area is 329 Å². The Morgan fingerprint density at radius 2 is 1.80 bits per heavy atom. The number of aromatic nitrogens is 2. The van der Waals surface area contributed by atoms with Crippen LogP contribution in [0.25, 0.3) is 11.3 Å². The molecule has 0 spiro atoms. The fourth-order valence-electron chi connectivity index (χ4n) is 7.25. The Balaban J connectivity index is 1.41. The molecule has 2 aromatic carbocycles. The number of unbranched alkanes of at least 4 members (excludes halogenated alkanes) is 4. The molecule has 0 radical (unpaired) electrons. The van der Waals surface area contributed by atoms with Crippen molar-refractivity contribution < 1.29 is 37.0 Å². The molecule has 54 heavy (non-hydrogen) atoms. The predicted molar refractivity (Wildman–Crippen MR) is 208 cm³/mol. The van der Waals surface area contributed by atoms with Crippen LogP contribution in [0, 0.1) is 23.5 Å². The standard InChI is InChI=1S/C40H51F3IN5O5/c1-27(54-37(51)12-8-3-2-4-9-17-46-36(50)21-44)40(52)49(25-30-22-45-23-34(30)43)38(29-15-18-53-19-16-29)39-47-35(32-20-31(41)13-14-33(32)42)26-48(39)24-28-10-6-5-7-11-28/h5-7,10-11,13-14,20,26-27,29-30,34,38,45H,2-4,8-9,12,15-19,21-25H2,1H3,(H,46,50)/t27-,30-,34-,38+/m0/s1. The third kappa shape index (κ3) is 11.8. The van der Waals surface area contributed by atoms with Crippen molar-refractivity contribution in [3.05, 3.63) is 77.8 Å². The zero-order valence-electron chi connectivity index (χ0n) is 30.8. The van der Waals surface area contributed by atoms with Crippen molar-refractivity contribution in [2.24, 2.45) is 11.8 Å². The molecule has 2 saturated heterocycles. The first-order chi connectivity index (χ1) is 26.1. The highest BCUT2D eigenvalue weighted by molar-refractivity contribution is 14.1. The number of carbonyl (C=O) groups is 3. The lowest BCUT2D eigenvalue weighted by Crippen LogP contribution is -2.49. The van der Waals surface area contributed by atoms with Gasteiger partial charge in [-0.2, -0.15) is 0 Å². The molecule has 3 aromatic rings. The minimum atomic E-state index is -1.20. The average molecular weight is 866 g/mol. The number of halogens is 4. The number of hydrogen-bond acceptors (Lipinski definition) is 7. The second kappa shape index (κ2) is 21.0. The molecule has 2 N–H and O–H groups in total. The van der Waals surface area contributed by atoms with Crippen LogP contribution >= 0.6 is 22.6 Å². The van der Waals surface area contributed by atoms with E-state index in [2.05, 4.69) is 10.6 Å². The van der Waals surface area contributed by atoms with Gasteiger partial charge in [0.15, 0.2) is 6.10 Å². The highest BCUT2D eigenvalue weighted by atomic mass is 127. The van der Waals surface area contributed by atoms with Crippen LogP contribution in [0.2, 0.25) is 0 Å². The Morgan fingerprint density at radius 3 is 2.52 bits per heavy atom. The van der Waals surface area contributed by atoms with Crippen molar-refractivity contribution in [2.75, 3.05) is 43.8 Å². The molecular formula is C40H51F3IN5O5. The van der Waals surface area contributed by atoms with Crippen LogP contribution in [0.3, 0.4) is 0 Å². The summed E-state index contributed by atoms with van der Waals surface area (Å²) in [7, 11) is 0. The molecule has 2 aliphatic rings. The molecule has 10 nitrogen and oxygen atoms in total. The van der Waals surface area contributed by atoms with Gasteiger partial charge >= 0.3 is 5.97 Å². The number of alkyl halides is 2. The van der Waals surface area contributed by atoms with Gasteiger partial charge in [0.05, 0.1) is 16.2 Å². The minimum absolute atomic E-state index is 0.0132. The normalized spacial score (nSPS) is 18.6. The molecule has 4 atom stereocenters. The largest absolute Gasteiger partial charge is 0.453 e. The van der Waals surface area contributed by atoms with Crippen molar-refractivity contribution >= 4 is 40.4 Å². The number of amides is 2. The summed E-state index contributed by atoms with van der Waals surface area (Å²) in [6.07, 6.45) is 4.72. The number of benzene rings is 2. The molecule has 0 aliphatic carbocycles. The number of nitrogens with one attached hydrogen (secondary N) is 2. The van der Waals surface area contributed by atoms with Crippen LogP contribution < -0.4 is 10.6 Å². The number of hydrogen-bond donors (Lipinski definition) is 2. The third-order valence-electron chi connectivity index (χ3n) is 10.1. The lowest BCUT2D eigenvalue weighted by Gasteiger charge is -2.40. The van der Waals surface area contributed by atoms with Gasteiger partial charge in [-0.15, -0.1) is 0 Å². The molecule has 2 aliphatic heterocycles. The number of carbonyl (C=O) groups excluding carboxylic acids is 3. The van der Waals surface area contributed by atoms with Crippen molar-refractivity contribution in [2.45, 2.75) is 83.2 Å². The molecule has 1 aromatic heterocycles. The first-order valence-electron chi connectivity index (χ1n) is 19.0. The predicted octanol–water partition coefficient (Wildman–Crippen LogP) is 6.55. The van der Waals surface area contributed by atoms with Gasteiger partial charge in [0.1, 0.15) is 23.6 Å². The Hall–Kier alpha value is -3.50. The van der Waals surface area contributed by atoms with Gasteiger partial charge in [-0.05, 0) is 62.3 Å². The zero-order chi connectivity index (χ0) is 38.5. The van der Waals surface area contributed by atoms with E-state index in [9.17, 15) is 18.8 Å². The molecule has 294 valence electrons. The average Bonchev–Trinajstić information content (AvgIpc) is 3.78. The van der Waals surface area contributed by atoms with E-state index in [1.54, 1.807) is 18.0 Å². The zero-order valence-corrected chi connectivity index (χ0v) is 32.9. The van der Waals surface area contributed by atoms with E-state index in [0.717, 1.165) is 49.4 Å². The van der Waals surface area contributed by atoms with E-state index in [1.807, 2.05) is 57.5 Å². The van der Waals surface area contributed by atoms with E-state index >= 15 is 8.78 Å². The third-order valence-corrected chi connectivity index (χ3v) is 10.8. The fraction of sp³-hybridized carbons (Fsp3) is 0.550. The second-order valence-electron chi connectivity index (χ2n) is 14.2. The van der Waals surface area contributed by atoms with Gasteiger partial charge < -0.3 is 29.6 Å². The SMILES string of the molecule is C[C@H](OC(=O)CCCCCCCNC(=O)CI)C(=O)N(C[C@@H]1CNC[C@@H]1F)[C@@H](c1nc(-c2cc(F)ccc2F)cn1Cc1ccccc1)C1CCOCC1. The first-order valence-corrected chi connectivity index (χ1v) is 20.5. The van der Waals surface area contributed by atoms with Gasteiger partial charge in [0.2, 0.25) is 5.91 Å². The Morgan fingerprint density at radius 1 is 1.06 bits per heavy atom. The van der Waals surface area contributed by atoms with Crippen molar-refractivity contribution in [3.63, 3.8) is 0 Å². The van der Waals surface area contributed by atoms with E-state index < -0.39 is 47.7 Å². The molecule has 3 heterocycles. The molecule has 2 fully saturated rings. The quantitative estimate of drug-likeness (QED) is 0.0608. The van der Waals surface area contributed by atoms with Crippen LogP contribution in [-0.4, -0.2) is 88.3 Å². The summed E-state index contributed by atoms with van der Waals surface area (Å²) in [5, 5.41) is 5.94. The summed E-state index contributed by atoms with van der Waals surface area (Å²) < 4.78 is 58.7. The molecule has 0 unspecified atom stereocenters. The number of esters is 1. The van der Waals surface area contributed by atoms with Crippen LogP contribution in [0.15, 0.2) is 54.7 Å². The Bertz CT molecular complexity index is 1670. The summed E-state index contributed by atoms with van der Waals surface area (Å²) in [5.74, 6) is -2.44. The number of nitrogens with zero attached hydrogens (tertiary/aromatic N) is 3. The van der Waals surface area contributed by atoms with Crippen LogP contribution in [0.1, 0.15) is 75.7 Å². The molecule has 0 saturated carbocycles. The number of ether oxygens (including phenoxy) is 2. The minimum Gasteiger partial charge on any atom is -0.453 e. The molecule has 0 bridgehead atoms. The molecular weight excluding hydrogens is 814 g/mol. The highest BCUT2D eigenvalue weighted by Crippen LogP contribution is 2.38. The molecule has 5 rings (SSSR count). The van der Waals surface area contributed by atoms with E-state index in [4.69, 9.17) is 14.5 Å². The first kappa shape index (κ1) is 41.7. The summed E-state index contributed by atoms with van der Waals surface area (Å²) in [4.78, 5) is 45.6.